The Hall–Kier alpha value is -7.18. The average molecular weight is 681 g/mol. The lowest BCUT2D eigenvalue weighted by Gasteiger charge is -2.15. The number of furan rings is 1. The molecule has 3 heterocycles. The van der Waals surface area contributed by atoms with E-state index in [-0.39, 0.29) is 5.43 Å². The van der Waals surface area contributed by atoms with Crippen LogP contribution < -0.4 is 5.43 Å². The van der Waals surface area contributed by atoms with Gasteiger partial charge in [0, 0.05) is 38.7 Å². The van der Waals surface area contributed by atoms with E-state index in [2.05, 4.69) is 61.5 Å². The van der Waals surface area contributed by atoms with Crippen LogP contribution in [0.4, 0.5) is 0 Å². The van der Waals surface area contributed by atoms with E-state index in [0.29, 0.717) is 45.0 Å². The first kappa shape index (κ1) is 29.5. The molecule has 0 bridgehead atoms. The molecular formula is C47H28N4O2. The highest BCUT2D eigenvalue weighted by molar-refractivity contribution is 6.28. The van der Waals surface area contributed by atoms with Crippen LogP contribution in [0.1, 0.15) is 5.56 Å². The zero-order valence-corrected chi connectivity index (χ0v) is 28.5. The first-order valence-electron chi connectivity index (χ1n) is 17.6. The maximum atomic E-state index is 14.4. The van der Waals surface area contributed by atoms with E-state index in [1.165, 1.54) is 27.1 Å². The number of aryl methyl sites for hydroxylation is 1. The van der Waals surface area contributed by atoms with Gasteiger partial charge in [-0.15, -0.1) is 0 Å². The topological polar surface area (TPSA) is 73.8 Å². The van der Waals surface area contributed by atoms with Gasteiger partial charge in [0.05, 0.1) is 11.0 Å². The second-order valence-electron chi connectivity index (χ2n) is 13.7. The minimum absolute atomic E-state index is 0.0590. The number of rotatable bonds is 3. The summed E-state index contributed by atoms with van der Waals surface area (Å²) in [6.07, 6.45) is 0. The molecule has 8 aromatic carbocycles. The molecule has 3 aromatic heterocycles. The summed E-state index contributed by atoms with van der Waals surface area (Å²) in [6.45, 7) is 2.13. The van der Waals surface area contributed by atoms with Crippen LogP contribution in [0.2, 0.25) is 0 Å². The number of aromatic nitrogens is 4. The molecule has 53 heavy (non-hydrogen) atoms. The molecule has 0 N–H and O–H groups in total. The van der Waals surface area contributed by atoms with Gasteiger partial charge in [-0.05, 0) is 69.6 Å². The van der Waals surface area contributed by atoms with Gasteiger partial charge in [-0.25, -0.2) is 4.98 Å². The minimum atomic E-state index is -0.0590. The third-order valence-electron chi connectivity index (χ3n) is 10.5. The average Bonchev–Trinajstić information content (AvgIpc) is 3.56. The number of hydrogen-bond acceptors (Lipinski definition) is 5. The summed E-state index contributed by atoms with van der Waals surface area (Å²) in [5.74, 6) is 1.49. The summed E-state index contributed by atoms with van der Waals surface area (Å²) in [7, 11) is 0. The highest BCUT2D eigenvalue weighted by Gasteiger charge is 2.21. The molecule has 6 nitrogen and oxygen atoms in total. The van der Waals surface area contributed by atoms with Crippen LogP contribution in [0.25, 0.3) is 105 Å². The van der Waals surface area contributed by atoms with Crippen molar-refractivity contribution in [3.05, 3.63) is 167 Å². The third-order valence-corrected chi connectivity index (χ3v) is 10.5. The van der Waals surface area contributed by atoms with Crippen molar-refractivity contribution in [1.29, 1.82) is 0 Å². The first-order valence-corrected chi connectivity index (χ1v) is 17.6. The predicted octanol–water partition coefficient (Wildman–Crippen LogP) is 11.3. The first-order chi connectivity index (χ1) is 26.1. The van der Waals surface area contributed by atoms with Crippen molar-refractivity contribution in [2.45, 2.75) is 6.92 Å². The summed E-state index contributed by atoms with van der Waals surface area (Å²) in [5, 5.41) is 10.1. The van der Waals surface area contributed by atoms with E-state index in [1.54, 1.807) is 0 Å². The van der Waals surface area contributed by atoms with Gasteiger partial charge in [0.1, 0.15) is 11.2 Å². The Labute approximate surface area is 302 Å². The maximum absolute atomic E-state index is 14.4. The fourth-order valence-electron chi connectivity index (χ4n) is 7.99. The van der Waals surface area contributed by atoms with E-state index in [0.717, 1.165) is 38.3 Å². The molecule has 0 saturated heterocycles. The number of hydrogen-bond donors (Lipinski definition) is 0. The molecule has 0 fully saturated rings. The number of benzene rings is 8. The molecule has 248 valence electrons. The SMILES string of the molecule is Cc1ccc2c(c1)c1ccccc1c1cc3c(cc21)oc1cc2c(cc13)c(=O)c1ccccc1n2-c1nc(-c2ccccc2)nc(-c2ccccc2)n1. The van der Waals surface area contributed by atoms with Gasteiger partial charge in [0.2, 0.25) is 5.95 Å². The number of nitrogens with zero attached hydrogens (tertiary/aromatic N) is 4. The minimum Gasteiger partial charge on any atom is -0.456 e. The second kappa shape index (κ2) is 11.2. The lowest BCUT2D eigenvalue weighted by molar-refractivity contribution is 0.670. The quantitative estimate of drug-likeness (QED) is 0.137. The van der Waals surface area contributed by atoms with Crippen LogP contribution in [0.3, 0.4) is 0 Å². The Morgan fingerprint density at radius 3 is 1.64 bits per heavy atom. The zero-order chi connectivity index (χ0) is 35.2. The monoisotopic (exact) mass is 680 g/mol. The normalized spacial score (nSPS) is 11.9. The summed E-state index contributed by atoms with van der Waals surface area (Å²) < 4.78 is 8.69. The number of para-hydroxylation sites is 1. The Bertz CT molecular complexity index is 3310. The van der Waals surface area contributed by atoms with Crippen LogP contribution in [0.15, 0.2) is 161 Å². The Balaban J connectivity index is 1.25. The van der Waals surface area contributed by atoms with Gasteiger partial charge in [0.15, 0.2) is 17.1 Å². The standard InChI is InChI=1S/C47H28N4O2/c1-27-20-21-32-34(22-27)30-16-8-9-17-31(30)35-23-37-38-24-39-41(26-43(38)53-42(37)25-36(32)35)51(40-19-11-10-18-33(40)44(39)52)47-49-45(28-12-4-2-5-13-28)48-46(50-47)29-14-6-3-7-15-29/h2-26H,1H3. The molecular weight excluding hydrogens is 653 g/mol. The van der Waals surface area contributed by atoms with Gasteiger partial charge >= 0.3 is 0 Å². The molecule has 0 radical (unpaired) electrons. The van der Waals surface area contributed by atoms with Crippen LogP contribution in [-0.4, -0.2) is 19.5 Å². The van der Waals surface area contributed by atoms with Gasteiger partial charge in [-0.1, -0.05) is 121 Å². The van der Waals surface area contributed by atoms with E-state index < -0.39 is 0 Å². The molecule has 11 rings (SSSR count). The lowest BCUT2D eigenvalue weighted by Crippen LogP contribution is -2.13. The van der Waals surface area contributed by atoms with Crippen molar-refractivity contribution in [2.24, 2.45) is 0 Å². The van der Waals surface area contributed by atoms with Crippen molar-refractivity contribution < 1.29 is 4.42 Å². The van der Waals surface area contributed by atoms with Crippen LogP contribution in [0, 0.1) is 6.92 Å². The molecule has 0 saturated carbocycles. The van der Waals surface area contributed by atoms with Gasteiger partial charge < -0.3 is 4.42 Å². The summed E-state index contributed by atoms with van der Waals surface area (Å²) in [5.41, 5.74) is 5.69. The zero-order valence-electron chi connectivity index (χ0n) is 28.5. The van der Waals surface area contributed by atoms with Crippen molar-refractivity contribution in [2.75, 3.05) is 0 Å². The fraction of sp³-hybridized carbons (Fsp3) is 0.0213. The third kappa shape index (κ3) is 4.45. The highest BCUT2D eigenvalue weighted by atomic mass is 16.3. The molecule has 11 aromatic rings. The second-order valence-corrected chi connectivity index (χ2v) is 13.7. The van der Waals surface area contributed by atoms with E-state index >= 15 is 0 Å². The van der Waals surface area contributed by atoms with Crippen LogP contribution in [-0.2, 0) is 0 Å². The molecule has 0 atom stereocenters. The van der Waals surface area contributed by atoms with E-state index in [1.807, 2.05) is 102 Å². The maximum Gasteiger partial charge on any atom is 0.238 e. The highest BCUT2D eigenvalue weighted by Crippen LogP contribution is 2.41. The Morgan fingerprint density at radius 2 is 0.962 bits per heavy atom. The molecule has 0 amide bonds. The van der Waals surface area contributed by atoms with E-state index in [9.17, 15) is 4.79 Å². The summed E-state index contributed by atoms with van der Waals surface area (Å²) >= 11 is 0. The molecule has 6 heteroatoms. The van der Waals surface area contributed by atoms with Gasteiger partial charge in [-0.3, -0.25) is 9.36 Å². The summed E-state index contributed by atoms with van der Waals surface area (Å²) in [4.78, 5) is 29.5. The smallest absolute Gasteiger partial charge is 0.238 e. The van der Waals surface area contributed by atoms with Gasteiger partial charge in [-0.2, -0.15) is 9.97 Å². The van der Waals surface area contributed by atoms with Crippen molar-refractivity contribution in [1.82, 2.24) is 19.5 Å². The molecule has 0 aliphatic rings. The fourth-order valence-corrected chi connectivity index (χ4v) is 7.99. The Kier molecular flexibility index (Phi) is 6.22. The van der Waals surface area contributed by atoms with Crippen LogP contribution >= 0.6 is 0 Å². The lowest BCUT2D eigenvalue weighted by atomic mass is 9.92. The molecule has 0 aliphatic carbocycles. The van der Waals surface area contributed by atoms with E-state index in [4.69, 9.17) is 19.4 Å². The Morgan fingerprint density at radius 1 is 0.434 bits per heavy atom. The van der Waals surface area contributed by atoms with Crippen molar-refractivity contribution in [3.8, 4) is 28.7 Å². The molecule has 0 spiro atoms. The van der Waals surface area contributed by atoms with Crippen LogP contribution in [0.5, 0.6) is 0 Å². The molecule has 0 aliphatic heterocycles. The predicted molar refractivity (Wildman–Crippen MR) is 216 cm³/mol. The number of fused-ring (bicyclic) bond motifs is 11. The molecule has 0 unspecified atom stereocenters. The van der Waals surface area contributed by atoms with Crippen molar-refractivity contribution >= 4 is 76.1 Å². The van der Waals surface area contributed by atoms with Gasteiger partial charge in [0.25, 0.3) is 0 Å². The largest absolute Gasteiger partial charge is 0.456 e. The van der Waals surface area contributed by atoms with Crippen molar-refractivity contribution in [3.63, 3.8) is 0 Å². The summed E-state index contributed by atoms with van der Waals surface area (Å²) in [6, 6.07) is 51.0. The number of pyridine rings is 1.